The Kier molecular flexibility index (Phi) is 4.92. The summed E-state index contributed by atoms with van der Waals surface area (Å²) in [6.45, 7) is 2.09. The van der Waals surface area contributed by atoms with Crippen molar-refractivity contribution in [3.8, 4) is 0 Å². The van der Waals surface area contributed by atoms with Crippen LogP contribution in [0.15, 0.2) is 17.3 Å². The number of hydrogen-bond acceptors (Lipinski definition) is 5. The monoisotopic (exact) mass is 288 g/mol. The number of nitrogens with one attached hydrogen (secondary N) is 1. The SMILES string of the molecule is NCCn1cc(S(=O)(=O)NCCC2CCCO2)cn1. The van der Waals surface area contributed by atoms with E-state index in [-0.39, 0.29) is 11.0 Å². The summed E-state index contributed by atoms with van der Waals surface area (Å²) in [6, 6.07) is 0. The zero-order valence-corrected chi connectivity index (χ0v) is 11.6. The number of hydrogen-bond donors (Lipinski definition) is 2. The fourth-order valence-electron chi connectivity index (χ4n) is 2.05. The maximum atomic E-state index is 12.0. The third-order valence-corrected chi connectivity index (χ3v) is 4.48. The summed E-state index contributed by atoms with van der Waals surface area (Å²) < 4.78 is 33.5. The summed E-state index contributed by atoms with van der Waals surface area (Å²) in [6.07, 6.45) is 5.78. The molecule has 2 heterocycles. The number of ether oxygens (including phenoxy) is 1. The molecule has 2 rings (SSSR count). The first kappa shape index (κ1) is 14.4. The number of nitrogens with zero attached hydrogens (tertiary/aromatic N) is 2. The van der Waals surface area contributed by atoms with Gasteiger partial charge in [0.25, 0.3) is 0 Å². The molecule has 108 valence electrons. The van der Waals surface area contributed by atoms with Crippen LogP contribution in [0.4, 0.5) is 0 Å². The highest BCUT2D eigenvalue weighted by atomic mass is 32.2. The molecule has 1 aliphatic heterocycles. The van der Waals surface area contributed by atoms with Gasteiger partial charge in [0, 0.05) is 25.9 Å². The molecule has 7 nitrogen and oxygen atoms in total. The first-order valence-electron chi connectivity index (χ1n) is 6.45. The lowest BCUT2D eigenvalue weighted by molar-refractivity contribution is 0.105. The Balaban J connectivity index is 1.85. The lowest BCUT2D eigenvalue weighted by atomic mass is 10.2. The summed E-state index contributed by atoms with van der Waals surface area (Å²) in [5.74, 6) is 0. The third-order valence-electron chi connectivity index (χ3n) is 3.06. The number of sulfonamides is 1. The molecule has 1 fully saturated rings. The summed E-state index contributed by atoms with van der Waals surface area (Å²) in [5, 5.41) is 3.95. The quantitative estimate of drug-likeness (QED) is 0.717. The zero-order chi connectivity index (χ0) is 13.7. The minimum Gasteiger partial charge on any atom is -0.378 e. The van der Waals surface area contributed by atoms with Crippen molar-refractivity contribution in [2.24, 2.45) is 5.73 Å². The maximum absolute atomic E-state index is 12.0. The van der Waals surface area contributed by atoms with E-state index >= 15 is 0 Å². The second kappa shape index (κ2) is 6.47. The van der Waals surface area contributed by atoms with E-state index in [0.29, 0.717) is 26.1 Å². The van der Waals surface area contributed by atoms with Crippen LogP contribution in [0.5, 0.6) is 0 Å². The first-order chi connectivity index (χ1) is 9.12. The zero-order valence-electron chi connectivity index (χ0n) is 10.8. The molecule has 0 saturated carbocycles. The van der Waals surface area contributed by atoms with Crippen molar-refractivity contribution in [1.82, 2.24) is 14.5 Å². The molecule has 1 aromatic heterocycles. The van der Waals surface area contributed by atoms with Crippen molar-refractivity contribution in [2.45, 2.75) is 36.8 Å². The molecule has 3 N–H and O–H groups in total. The van der Waals surface area contributed by atoms with E-state index in [2.05, 4.69) is 9.82 Å². The van der Waals surface area contributed by atoms with E-state index in [4.69, 9.17) is 10.5 Å². The van der Waals surface area contributed by atoms with E-state index in [1.54, 1.807) is 0 Å². The molecular formula is C11H20N4O3S. The first-order valence-corrected chi connectivity index (χ1v) is 7.94. The van der Waals surface area contributed by atoms with Crippen LogP contribution in [0.1, 0.15) is 19.3 Å². The van der Waals surface area contributed by atoms with E-state index < -0.39 is 10.0 Å². The van der Waals surface area contributed by atoms with Gasteiger partial charge in [-0.3, -0.25) is 4.68 Å². The van der Waals surface area contributed by atoms with E-state index in [9.17, 15) is 8.42 Å². The van der Waals surface area contributed by atoms with Crippen LogP contribution in [0.25, 0.3) is 0 Å². The minimum atomic E-state index is -3.48. The van der Waals surface area contributed by atoms with Crippen LogP contribution in [0, 0.1) is 0 Å². The van der Waals surface area contributed by atoms with Crippen LogP contribution >= 0.6 is 0 Å². The van der Waals surface area contributed by atoms with Crippen LogP contribution in [-0.2, 0) is 21.3 Å². The minimum absolute atomic E-state index is 0.174. The van der Waals surface area contributed by atoms with Crippen molar-refractivity contribution in [1.29, 1.82) is 0 Å². The van der Waals surface area contributed by atoms with Crippen LogP contribution < -0.4 is 10.5 Å². The normalized spacial score (nSPS) is 19.9. The molecule has 8 heteroatoms. The van der Waals surface area contributed by atoms with Gasteiger partial charge >= 0.3 is 0 Å². The van der Waals surface area contributed by atoms with Gasteiger partial charge in [-0.1, -0.05) is 0 Å². The molecule has 1 unspecified atom stereocenters. The summed E-state index contributed by atoms with van der Waals surface area (Å²) in [7, 11) is -3.48. The Morgan fingerprint density at radius 3 is 3.11 bits per heavy atom. The highest BCUT2D eigenvalue weighted by Crippen LogP contribution is 2.15. The smallest absolute Gasteiger partial charge is 0.243 e. The Bertz CT molecular complexity index is 494. The van der Waals surface area contributed by atoms with Crippen LogP contribution in [-0.4, -0.2) is 44.0 Å². The van der Waals surface area contributed by atoms with Gasteiger partial charge in [-0.25, -0.2) is 13.1 Å². The third kappa shape index (κ3) is 4.00. The molecule has 0 radical (unpaired) electrons. The predicted molar refractivity (Wildman–Crippen MR) is 70.1 cm³/mol. The molecule has 0 bridgehead atoms. The molecule has 19 heavy (non-hydrogen) atoms. The standard InChI is InChI=1S/C11H20N4O3S/c12-4-6-15-9-11(8-13-15)19(16,17)14-5-3-10-2-1-7-18-10/h8-10,14H,1-7,12H2. The van der Waals surface area contributed by atoms with Gasteiger partial charge in [-0.05, 0) is 19.3 Å². The average molecular weight is 288 g/mol. The van der Waals surface area contributed by atoms with Crippen molar-refractivity contribution < 1.29 is 13.2 Å². The summed E-state index contributed by atoms with van der Waals surface area (Å²) in [5.41, 5.74) is 5.39. The summed E-state index contributed by atoms with van der Waals surface area (Å²) >= 11 is 0. The average Bonchev–Trinajstić information content (AvgIpc) is 3.00. The van der Waals surface area contributed by atoms with Gasteiger partial charge in [-0.15, -0.1) is 0 Å². The Morgan fingerprint density at radius 1 is 1.58 bits per heavy atom. The molecule has 1 aliphatic rings. The highest BCUT2D eigenvalue weighted by molar-refractivity contribution is 7.89. The number of aromatic nitrogens is 2. The lowest BCUT2D eigenvalue weighted by Gasteiger charge is -2.09. The Morgan fingerprint density at radius 2 is 2.42 bits per heavy atom. The van der Waals surface area contributed by atoms with E-state index in [1.165, 1.54) is 17.1 Å². The molecule has 0 aromatic carbocycles. The number of rotatable bonds is 7. The molecule has 1 aromatic rings. The van der Waals surface area contributed by atoms with Crippen molar-refractivity contribution in [3.63, 3.8) is 0 Å². The van der Waals surface area contributed by atoms with Crippen LogP contribution in [0.2, 0.25) is 0 Å². The van der Waals surface area contributed by atoms with Gasteiger partial charge < -0.3 is 10.5 Å². The van der Waals surface area contributed by atoms with Crippen LogP contribution in [0.3, 0.4) is 0 Å². The number of nitrogens with two attached hydrogens (primary N) is 1. The van der Waals surface area contributed by atoms with Gasteiger partial charge in [0.2, 0.25) is 10.0 Å². The summed E-state index contributed by atoms with van der Waals surface area (Å²) in [4.78, 5) is 0.174. The van der Waals surface area contributed by atoms with Crippen molar-refractivity contribution in [3.05, 3.63) is 12.4 Å². The fraction of sp³-hybridized carbons (Fsp3) is 0.727. The fourth-order valence-corrected chi connectivity index (χ4v) is 3.05. The Hall–Kier alpha value is -0.960. The molecule has 0 amide bonds. The van der Waals surface area contributed by atoms with Crippen molar-refractivity contribution >= 4 is 10.0 Å². The lowest BCUT2D eigenvalue weighted by Crippen LogP contribution is -2.27. The molecular weight excluding hydrogens is 268 g/mol. The molecule has 0 spiro atoms. The second-order valence-electron chi connectivity index (χ2n) is 4.55. The van der Waals surface area contributed by atoms with E-state index in [0.717, 1.165) is 19.4 Å². The molecule has 1 atom stereocenters. The molecule has 1 saturated heterocycles. The topological polar surface area (TPSA) is 99.2 Å². The van der Waals surface area contributed by atoms with Gasteiger partial charge in [0.05, 0.1) is 18.8 Å². The second-order valence-corrected chi connectivity index (χ2v) is 6.32. The predicted octanol–water partition coefficient (Wildman–Crippen LogP) is -0.311. The largest absolute Gasteiger partial charge is 0.378 e. The van der Waals surface area contributed by atoms with E-state index in [1.807, 2.05) is 0 Å². The van der Waals surface area contributed by atoms with Gasteiger partial charge in [-0.2, -0.15) is 5.10 Å². The molecule has 0 aliphatic carbocycles. The van der Waals surface area contributed by atoms with Gasteiger partial charge in [0.15, 0.2) is 0 Å². The Labute approximate surface area is 113 Å². The van der Waals surface area contributed by atoms with Gasteiger partial charge in [0.1, 0.15) is 4.90 Å². The highest BCUT2D eigenvalue weighted by Gasteiger charge is 2.19. The maximum Gasteiger partial charge on any atom is 0.243 e. The van der Waals surface area contributed by atoms with Crippen molar-refractivity contribution in [2.75, 3.05) is 19.7 Å².